The summed E-state index contributed by atoms with van der Waals surface area (Å²) < 4.78 is 21.1. The standard InChI is InChI=1S/2C19H28N2O4/c2*1-19(2,3)25-18(23)21-16-11-7-10-15(12-16)20-17(22)24-13-14-8-5-4-6-9-14/h2*4-6,8-9,15-16H,7,10-13H2,1-3H3,(H,20,22)(H,21,23)/t2*15-,16+/m10/s1. The summed E-state index contributed by atoms with van der Waals surface area (Å²) in [6, 6.07) is 19.1. The minimum Gasteiger partial charge on any atom is -0.445 e. The summed E-state index contributed by atoms with van der Waals surface area (Å²) in [5, 5.41) is 11.5. The van der Waals surface area contributed by atoms with Gasteiger partial charge in [-0.25, -0.2) is 19.2 Å². The summed E-state index contributed by atoms with van der Waals surface area (Å²) in [5.41, 5.74) is 0.867. The second kappa shape index (κ2) is 19.6. The molecule has 12 heteroatoms. The summed E-state index contributed by atoms with van der Waals surface area (Å²) in [5.74, 6) is 0. The molecule has 0 saturated heterocycles. The number of hydrogen-bond donors (Lipinski definition) is 4. The Hall–Kier alpha value is -4.48. The van der Waals surface area contributed by atoms with E-state index in [-0.39, 0.29) is 37.4 Å². The lowest BCUT2D eigenvalue weighted by molar-refractivity contribution is 0.0475. The number of rotatable bonds is 8. The monoisotopic (exact) mass is 696 g/mol. The SMILES string of the molecule is CC(C)(C)OC(=O)N[C@@H]1CCC[C@H](NC(=O)OCc2ccccc2)C1.CC(C)(C)OC(=O)N[C@H]1CCC[C@@H](NC(=O)OCc2ccccc2)C1. The van der Waals surface area contributed by atoms with Crippen molar-refractivity contribution in [3.63, 3.8) is 0 Å². The molecule has 0 aliphatic heterocycles. The van der Waals surface area contributed by atoms with E-state index in [4.69, 9.17) is 18.9 Å². The van der Waals surface area contributed by atoms with Gasteiger partial charge < -0.3 is 40.2 Å². The normalized spacial score (nSPS) is 20.4. The van der Waals surface area contributed by atoms with Gasteiger partial charge in [-0.1, -0.05) is 60.7 Å². The largest absolute Gasteiger partial charge is 0.445 e. The molecule has 2 aliphatic rings. The molecule has 0 radical (unpaired) electrons. The fourth-order valence-corrected chi connectivity index (χ4v) is 5.72. The molecular weight excluding hydrogens is 640 g/mol. The van der Waals surface area contributed by atoms with Crippen molar-refractivity contribution >= 4 is 24.4 Å². The van der Waals surface area contributed by atoms with Crippen LogP contribution in [-0.4, -0.2) is 59.7 Å². The van der Waals surface area contributed by atoms with Crippen molar-refractivity contribution in [2.24, 2.45) is 0 Å². The van der Waals surface area contributed by atoms with Crippen LogP contribution in [-0.2, 0) is 32.2 Å². The molecular formula is C38H56N4O8. The zero-order valence-corrected chi connectivity index (χ0v) is 30.4. The average Bonchev–Trinajstić information content (AvgIpc) is 3.03. The van der Waals surface area contributed by atoms with E-state index in [2.05, 4.69) is 21.3 Å². The van der Waals surface area contributed by atoms with Crippen molar-refractivity contribution in [3.8, 4) is 0 Å². The lowest BCUT2D eigenvalue weighted by Crippen LogP contribution is -2.47. The van der Waals surface area contributed by atoms with Gasteiger partial charge in [0.15, 0.2) is 0 Å². The number of nitrogens with one attached hydrogen (secondary N) is 4. The Balaban J connectivity index is 0.000000270. The van der Waals surface area contributed by atoms with Crippen LogP contribution in [0, 0.1) is 0 Å². The Morgan fingerprint density at radius 2 is 0.820 bits per heavy atom. The highest BCUT2D eigenvalue weighted by Crippen LogP contribution is 2.21. The molecule has 2 aromatic carbocycles. The number of carbonyl (C=O) groups is 4. The first-order valence-corrected chi connectivity index (χ1v) is 17.6. The number of carbonyl (C=O) groups excluding carboxylic acids is 4. The van der Waals surface area contributed by atoms with E-state index in [9.17, 15) is 19.2 Å². The van der Waals surface area contributed by atoms with Gasteiger partial charge in [-0.15, -0.1) is 0 Å². The summed E-state index contributed by atoms with van der Waals surface area (Å²) in [6.45, 7) is 11.5. The maximum atomic E-state index is 12.0. The van der Waals surface area contributed by atoms with Crippen molar-refractivity contribution in [3.05, 3.63) is 71.8 Å². The number of alkyl carbamates (subject to hydrolysis) is 4. The minimum absolute atomic E-state index is 0.00280. The Morgan fingerprint density at radius 1 is 0.520 bits per heavy atom. The predicted molar refractivity (Wildman–Crippen MR) is 190 cm³/mol. The van der Waals surface area contributed by atoms with Crippen molar-refractivity contribution < 1.29 is 38.1 Å². The molecule has 2 fully saturated rings. The van der Waals surface area contributed by atoms with Crippen molar-refractivity contribution in [1.82, 2.24) is 21.3 Å². The third kappa shape index (κ3) is 17.3. The van der Waals surface area contributed by atoms with Crippen LogP contribution >= 0.6 is 0 Å². The van der Waals surface area contributed by atoms with Crippen LogP contribution in [0.4, 0.5) is 19.2 Å². The molecule has 50 heavy (non-hydrogen) atoms. The van der Waals surface area contributed by atoms with Crippen LogP contribution in [0.15, 0.2) is 60.7 Å². The second-order valence-corrected chi connectivity index (χ2v) is 14.8. The molecule has 2 saturated carbocycles. The minimum atomic E-state index is -0.516. The van der Waals surface area contributed by atoms with Gasteiger partial charge in [0.2, 0.25) is 0 Å². The first-order chi connectivity index (χ1) is 23.6. The summed E-state index contributed by atoms with van der Waals surface area (Å²) in [7, 11) is 0. The van der Waals surface area contributed by atoms with Gasteiger partial charge in [0.05, 0.1) is 0 Å². The Morgan fingerprint density at radius 3 is 1.12 bits per heavy atom. The lowest BCUT2D eigenvalue weighted by Gasteiger charge is -2.30. The lowest BCUT2D eigenvalue weighted by atomic mass is 9.91. The molecule has 0 heterocycles. The summed E-state index contributed by atoms with van der Waals surface area (Å²) in [4.78, 5) is 47.7. The van der Waals surface area contributed by atoms with Crippen molar-refractivity contribution in [2.75, 3.05) is 0 Å². The summed E-state index contributed by atoms with van der Waals surface area (Å²) in [6.07, 6.45) is 5.09. The van der Waals surface area contributed by atoms with E-state index >= 15 is 0 Å². The van der Waals surface area contributed by atoms with E-state index < -0.39 is 35.6 Å². The Labute approximate surface area is 296 Å². The zero-order valence-electron chi connectivity index (χ0n) is 30.4. The zero-order chi connectivity index (χ0) is 36.6. The second-order valence-electron chi connectivity index (χ2n) is 14.8. The molecule has 0 unspecified atom stereocenters. The van der Waals surface area contributed by atoms with Gasteiger partial charge in [-0.3, -0.25) is 0 Å². The number of amides is 4. The molecule has 12 nitrogen and oxygen atoms in total. The smallest absolute Gasteiger partial charge is 0.407 e. The predicted octanol–water partition coefficient (Wildman–Crippen LogP) is 7.50. The van der Waals surface area contributed by atoms with Crippen LogP contribution in [0.1, 0.15) is 104 Å². The van der Waals surface area contributed by atoms with Crippen LogP contribution < -0.4 is 21.3 Å². The summed E-state index contributed by atoms with van der Waals surface area (Å²) >= 11 is 0. The van der Waals surface area contributed by atoms with Gasteiger partial charge in [-0.05, 0) is 104 Å². The van der Waals surface area contributed by atoms with E-state index in [0.29, 0.717) is 12.8 Å². The maximum Gasteiger partial charge on any atom is 0.407 e. The molecule has 2 aliphatic carbocycles. The van der Waals surface area contributed by atoms with Crippen molar-refractivity contribution in [2.45, 2.75) is 141 Å². The van der Waals surface area contributed by atoms with Crippen LogP contribution in [0.3, 0.4) is 0 Å². The average molecular weight is 697 g/mol. The first kappa shape index (κ1) is 40.0. The molecule has 4 rings (SSSR count). The highest BCUT2D eigenvalue weighted by molar-refractivity contribution is 5.69. The molecule has 0 spiro atoms. The van der Waals surface area contributed by atoms with Crippen LogP contribution in [0.2, 0.25) is 0 Å². The Kier molecular flexibility index (Phi) is 15.7. The molecule has 2 aromatic rings. The van der Waals surface area contributed by atoms with Gasteiger partial charge in [0.25, 0.3) is 0 Å². The fraction of sp³-hybridized carbons (Fsp3) is 0.579. The van der Waals surface area contributed by atoms with Gasteiger partial charge in [-0.2, -0.15) is 0 Å². The number of benzene rings is 2. The third-order valence-corrected chi connectivity index (χ3v) is 7.86. The molecule has 0 bridgehead atoms. The van der Waals surface area contributed by atoms with E-state index in [1.807, 2.05) is 102 Å². The quantitative estimate of drug-likeness (QED) is 0.207. The van der Waals surface area contributed by atoms with Gasteiger partial charge >= 0.3 is 24.4 Å². The van der Waals surface area contributed by atoms with E-state index in [0.717, 1.165) is 49.7 Å². The molecule has 4 amide bonds. The molecule has 4 atom stereocenters. The topological polar surface area (TPSA) is 153 Å². The fourth-order valence-electron chi connectivity index (χ4n) is 5.72. The van der Waals surface area contributed by atoms with Gasteiger partial charge in [0, 0.05) is 24.2 Å². The number of hydrogen-bond acceptors (Lipinski definition) is 8. The maximum absolute atomic E-state index is 12.0. The highest BCUT2D eigenvalue weighted by atomic mass is 16.6. The van der Waals surface area contributed by atoms with E-state index in [1.54, 1.807) is 0 Å². The molecule has 0 aromatic heterocycles. The highest BCUT2D eigenvalue weighted by Gasteiger charge is 2.28. The van der Waals surface area contributed by atoms with E-state index in [1.165, 1.54) is 0 Å². The third-order valence-electron chi connectivity index (χ3n) is 7.86. The van der Waals surface area contributed by atoms with Crippen LogP contribution in [0.25, 0.3) is 0 Å². The van der Waals surface area contributed by atoms with Gasteiger partial charge in [0.1, 0.15) is 24.4 Å². The number of ether oxygens (including phenoxy) is 4. The van der Waals surface area contributed by atoms with Crippen LogP contribution in [0.5, 0.6) is 0 Å². The van der Waals surface area contributed by atoms with Crippen molar-refractivity contribution in [1.29, 1.82) is 0 Å². The molecule has 276 valence electrons. The first-order valence-electron chi connectivity index (χ1n) is 17.6. The molecule has 4 N–H and O–H groups in total. The Bertz CT molecular complexity index is 1240.